The number of nitrogens with zero attached hydrogens (tertiary/aromatic N) is 5. The second-order valence-electron chi connectivity index (χ2n) is 7.66. The first-order valence-corrected chi connectivity index (χ1v) is 10.9. The standard InChI is InChI=1S/C20H20F3N7OS/c1-24-11-3-4-13-15(6-11)32-19(27-13)17-12(7-20(21,22)23)16(28-29-17)10-5-14(31-2)18-25-9-26-30(18)8-10/h5,8-9,11,24H,3-4,6-7H2,1-2H3,(H,28,29)/t11-/m1/s1. The van der Waals surface area contributed by atoms with Crippen molar-refractivity contribution in [2.24, 2.45) is 0 Å². The highest BCUT2D eigenvalue weighted by Crippen LogP contribution is 2.39. The Bertz CT molecular complexity index is 1280. The van der Waals surface area contributed by atoms with Crippen LogP contribution in [0.3, 0.4) is 0 Å². The molecule has 4 aromatic heterocycles. The number of aryl methyl sites for hydroxylation is 1. The summed E-state index contributed by atoms with van der Waals surface area (Å²) in [5.74, 6) is 0.400. The number of aromatic amines is 1. The number of aromatic nitrogens is 6. The highest BCUT2D eigenvalue weighted by Gasteiger charge is 2.34. The van der Waals surface area contributed by atoms with Crippen LogP contribution in [-0.2, 0) is 19.3 Å². The molecule has 0 fully saturated rings. The Morgan fingerprint density at radius 1 is 1.38 bits per heavy atom. The van der Waals surface area contributed by atoms with Gasteiger partial charge in [0, 0.05) is 28.2 Å². The summed E-state index contributed by atoms with van der Waals surface area (Å²) in [6, 6.07) is 1.98. The molecule has 0 amide bonds. The Morgan fingerprint density at radius 2 is 2.22 bits per heavy atom. The molecule has 2 N–H and O–H groups in total. The highest BCUT2D eigenvalue weighted by atomic mass is 32.1. The van der Waals surface area contributed by atoms with Crippen LogP contribution in [0.4, 0.5) is 13.2 Å². The van der Waals surface area contributed by atoms with Gasteiger partial charge in [0.1, 0.15) is 17.0 Å². The third kappa shape index (κ3) is 3.73. The summed E-state index contributed by atoms with van der Waals surface area (Å²) in [5.41, 5.74) is 2.43. The maximum Gasteiger partial charge on any atom is 0.393 e. The fourth-order valence-electron chi connectivity index (χ4n) is 4.06. The molecule has 4 aromatic rings. The Hall–Kier alpha value is -2.99. The number of hydrogen-bond donors (Lipinski definition) is 2. The molecule has 0 bridgehead atoms. The van der Waals surface area contributed by atoms with E-state index in [9.17, 15) is 13.2 Å². The van der Waals surface area contributed by atoms with Gasteiger partial charge >= 0.3 is 6.18 Å². The molecule has 168 valence electrons. The van der Waals surface area contributed by atoms with Crippen LogP contribution in [-0.4, -0.2) is 56.2 Å². The lowest BCUT2D eigenvalue weighted by Crippen LogP contribution is -2.30. The van der Waals surface area contributed by atoms with Gasteiger partial charge in [0.15, 0.2) is 11.4 Å². The first-order valence-electron chi connectivity index (χ1n) is 10.0. The van der Waals surface area contributed by atoms with E-state index >= 15 is 0 Å². The Labute approximate surface area is 184 Å². The minimum absolute atomic E-state index is 0.0512. The minimum Gasteiger partial charge on any atom is -0.493 e. The normalized spacial score (nSPS) is 16.5. The molecule has 0 radical (unpaired) electrons. The van der Waals surface area contributed by atoms with Crippen LogP contribution in [0.15, 0.2) is 18.6 Å². The van der Waals surface area contributed by atoms with Crippen molar-refractivity contribution in [3.05, 3.63) is 34.7 Å². The van der Waals surface area contributed by atoms with Crippen LogP contribution >= 0.6 is 11.3 Å². The fraction of sp³-hybridized carbons (Fsp3) is 0.400. The van der Waals surface area contributed by atoms with Crippen LogP contribution in [0.1, 0.15) is 22.6 Å². The van der Waals surface area contributed by atoms with Gasteiger partial charge in [-0.2, -0.15) is 23.4 Å². The van der Waals surface area contributed by atoms with E-state index in [1.807, 2.05) is 7.05 Å². The number of fused-ring (bicyclic) bond motifs is 2. The van der Waals surface area contributed by atoms with Crippen molar-refractivity contribution >= 4 is 17.0 Å². The van der Waals surface area contributed by atoms with Crippen LogP contribution in [0.5, 0.6) is 5.75 Å². The summed E-state index contributed by atoms with van der Waals surface area (Å²) in [7, 11) is 3.39. The number of pyridine rings is 1. The molecule has 0 aliphatic heterocycles. The number of ether oxygens (including phenoxy) is 1. The zero-order valence-corrected chi connectivity index (χ0v) is 18.1. The molecule has 12 heteroatoms. The molecule has 1 aliphatic rings. The van der Waals surface area contributed by atoms with Gasteiger partial charge in [-0.1, -0.05) is 0 Å². The molecular formula is C20H20F3N7OS. The van der Waals surface area contributed by atoms with Crippen LogP contribution < -0.4 is 10.1 Å². The molecule has 4 heterocycles. The van der Waals surface area contributed by atoms with Gasteiger partial charge in [0.2, 0.25) is 0 Å². The quantitative estimate of drug-likeness (QED) is 0.471. The second kappa shape index (κ2) is 7.85. The summed E-state index contributed by atoms with van der Waals surface area (Å²) < 4.78 is 47.5. The number of H-pyrrole nitrogens is 1. The lowest BCUT2D eigenvalue weighted by Gasteiger charge is -2.19. The monoisotopic (exact) mass is 463 g/mol. The van der Waals surface area contributed by atoms with Gasteiger partial charge in [-0.3, -0.25) is 5.10 Å². The van der Waals surface area contributed by atoms with E-state index in [4.69, 9.17) is 4.74 Å². The Balaban J connectivity index is 1.63. The van der Waals surface area contributed by atoms with Crippen LogP contribution in [0.2, 0.25) is 0 Å². The third-order valence-electron chi connectivity index (χ3n) is 5.64. The van der Waals surface area contributed by atoms with Crippen molar-refractivity contribution in [3.63, 3.8) is 0 Å². The van der Waals surface area contributed by atoms with Gasteiger partial charge in [-0.05, 0) is 32.4 Å². The molecule has 0 unspecified atom stereocenters. The van der Waals surface area contributed by atoms with E-state index in [-0.39, 0.29) is 17.0 Å². The molecule has 1 atom stereocenters. The predicted molar refractivity (Wildman–Crippen MR) is 113 cm³/mol. The summed E-state index contributed by atoms with van der Waals surface area (Å²) in [6.07, 6.45) is -0.0235. The Morgan fingerprint density at radius 3 is 2.97 bits per heavy atom. The van der Waals surface area contributed by atoms with Crippen LogP contribution in [0.25, 0.3) is 27.6 Å². The zero-order valence-electron chi connectivity index (χ0n) is 17.3. The SMILES string of the molecule is CN[C@@H]1CCc2nc(-c3n[nH]c(-c4cc(OC)c5ncnn5c4)c3CC(F)(F)F)sc2C1. The number of likely N-dealkylation sites (N-methyl/N-ethyl adjacent to an activating group) is 1. The Kier molecular flexibility index (Phi) is 5.13. The first kappa shape index (κ1) is 20.9. The number of thiazole rings is 1. The average Bonchev–Trinajstić information content (AvgIpc) is 3.48. The number of rotatable bonds is 5. The molecule has 1 aliphatic carbocycles. The van der Waals surface area contributed by atoms with Crippen molar-refractivity contribution in [2.75, 3.05) is 14.2 Å². The lowest BCUT2D eigenvalue weighted by atomic mass is 9.98. The van der Waals surface area contributed by atoms with Crippen molar-refractivity contribution in [1.29, 1.82) is 0 Å². The van der Waals surface area contributed by atoms with Crippen molar-refractivity contribution in [2.45, 2.75) is 37.9 Å². The van der Waals surface area contributed by atoms with E-state index in [0.717, 1.165) is 29.8 Å². The number of hydrogen-bond acceptors (Lipinski definition) is 7. The van der Waals surface area contributed by atoms with E-state index in [0.29, 0.717) is 28.0 Å². The summed E-state index contributed by atoms with van der Waals surface area (Å²) in [5, 5.41) is 14.9. The van der Waals surface area contributed by atoms with E-state index in [1.54, 1.807) is 12.3 Å². The molecule has 8 nitrogen and oxygen atoms in total. The van der Waals surface area contributed by atoms with Gasteiger partial charge < -0.3 is 10.1 Å². The summed E-state index contributed by atoms with van der Waals surface area (Å²) >= 11 is 1.41. The number of nitrogens with one attached hydrogen (secondary N) is 2. The fourth-order valence-corrected chi connectivity index (χ4v) is 5.26. The lowest BCUT2D eigenvalue weighted by molar-refractivity contribution is -0.127. The van der Waals surface area contributed by atoms with Gasteiger partial charge in [0.05, 0.1) is 24.9 Å². The van der Waals surface area contributed by atoms with Gasteiger partial charge in [0.25, 0.3) is 0 Å². The largest absolute Gasteiger partial charge is 0.493 e. The van der Waals surface area contributed by atoms with E-state index < -0.39 is 12.6 Å². The number of alkyl halides is 3. The zero-order chi connectivity index (χ0) is 22.5. The highest BCUT2D eigenvalue weighted by molar-refractivity contribution is 7.15. The summed E-state index contributed by atoms with van der Waals surface area (Å²) in [6.45, 7) is 0. The molecule has 5 rings (SSSR count). The summed E-state index contributed by atoms with van der Waals surface area (Å²) in [4.78, 5) is 9.86. The maximum absolute atomic E-state index is 13.6. The molecule has 0 saturated heterocycles. The molecule has 0 saturated carbocycles. The second-order valence-corrected chi connectivity index (χ2v) is 8.74. The van der Waals surface area contributed by atoms with Crippen molar-refractivity contribution in [3.8, 4) is 27.7 Å². The number of halogens is 3. The van der Waals surface area contributed by atoms with E-state index in [1.165, 1.54) is 29.3 Å². The van der Waals surface area contributed by atoms with Gasteiger partial charge in [-0.25, -0.2) is 14.5 Å². The van der Waals surface area contributed by atoms with Crippen molar-refractivity contribution in [1.82, 2.24) is 35.1 Å². The van der Waals surface area contributed by atoms with Crippen LogP contribution in [0, 0.1) is 0 Å². The first-order chi connectivity index (χ1) is 15.4. The molecule has 0 spiro atoms. The maximum atomic E-state index is 13.6. The molecular weight excluding hydrogens is 443 g/mol. The topological polar surface area (TPSA) is 93.0 Å². The van der Waals surface area contributed by atoms with Crippen molar-refractivity contribution < 1.29 is 17.9 Å². The molecule has 0 aromatic carbocycles. The number of methoxy groups -OCH3 is 1. The predicted octanol–water partition coefficient (Wildman–Crippen LogP) is 3.43. The third-order valence-corrected chi connectivity index (χ3v) is 6.77. The minimum atomic E-state index is -4.41. The van der Waals surface area contributed by atoms with E-state index in [2.05, 4.69) is 30.6 Å². The molecule has 32 heavy (non-hydrogen) atoms. The van der Waals surface area contributed by atoms with Gasteiger partial charge in [-0.15, -0.1) is 11.3 Å². The average molecular weight is 463 g/mol. The smallest absolute Gasteiger partial charge is 0.393 e.